The molecule has 0 saturated carbocycles. The second-order valence-electron chi connectivity index (χ2n) is 6.18. The van der Waals surface area contributed by atoms with Gasteiger partial charge in [0.25, 0.3) is 0 Å². The first-order valence-electron chi connectivity index (χ1n) is 8.03. The van der Waals surface area contributed by atoms with Crippen LogP contribution >= 0.6 is 11.6 Å². The highest BCUT2D eigenvalue weighted by molar-refractivity contribution is 6.34. The van der Waals surface area contributed by atoms with Crippen molar-refractivity contribution in [3.8, 4) is 5.75 Å². The summed E-state index contributed by atoms with van der Waals surface area (Å²) in [6.45, 7) is 1.64. The third-order valence-electron chi connectivity index (χ3n) is 3.71. The van der Waals surface area contributed by atoms with Crippen molar-refractivity contribution in [1.82, 2.24) is 4.90 Å². The van der Waals surface area contributed by atoms with Crippen LogP contribution in [0.4, 0.5) is 14.5 Å². The van der Waals surface area contributed by atoms with Crippen molar-refractivity contribution in [2.24, 2.45) is 0 Å². The Morgan fingerprint density at radius 2 is 1.88 bits per heavy atom. The number of aryl methyl sites for hydroxylation is 2. The standard InChI is InChI=1S/C19H21ClF2N2O2/c1-12-8-13(2)18(16(20)9-12)23-17(25)11-24(3)10-14-4-6-15(7-5-14)26-19(21)22/h4-9,19H,10-11H2,1-3H3,(H,23,25). The minimum Gasteiger partial charge on any atom is -0.435 e. The lowest BCUT2D eigenvalue weighted by molar-refractivity contribution is -0.117. The van der Waals surface area contributed by atoms with E-state index >= 15 is 0 Å². The fraction of sp³-hybridized carbons (Fsp3) is 0.316. The molecule has 7 heteroatoms. The lowest BCUT2D eigenvalue weighted by atomic mass is 10.1. The third-order valence-corrected chi connectivity index (χ3v) is 4.01. The second-order valence-corrected chi connectivity index (χ2v) is 6.59. The van der Waals surface area contributed by atoms with Gasteiger partial charge in [0.05, 0.1) is 17.3 Å². The second kappa shape index (κ2) is 8.96. The zero-order valence-electron chi connectivity index (χ0n) is 14.9. The lowest BCUT2D eigenvalue weighted by Gasteiger charge is -2.18. The molecule has 0 spiro atoms. The highest BCUT2D eigenvalue weighted by Gasteiger charge is 2.12. The average Bonchev–Trinajstić information content (AvgIpc) is 2.52. The number of carbonyl (C=O) groups excluding carboxylic acids is 1. The number of halogens is 3. The number of amides is 1. The van der Waals surface area contributed by atoms with Crippen LogP contribution in [0.3, 0.4) is 0 Å². The molecule has 2 aromatic rings. The van der Waals surface area contributed by atoms with Gasteiger partial charge in [-0.05, 0) is 55.8 Å². The number of hydrogen-bond acceptors (Lipinski definition) is 3. The van der Waals surface area contributed by atoms with Crippen LogP contribution in [0.2, 0.25) is 5.02 Å². The Morgan fingerprint density at radius 3 is 2.46 bits per heavy atom. The number of benzene rings is 2. The maximum Gasteiger partial charge on any atom is 0.387 e. The largest absolute Gasteiger partial charge is 0.435 e. The first kappa shape index (κ1) is 20.1. The van der Waals surface area contributed by atoms with E-state index in [4.69, 9.17) is 11.6 Å². The Labute approximate surface area is 156 Å². The maximum atomic E-state index is 12.3. The summed E-state index contributed by atoms with van der Waals surface area (Å²) in [5.74, 6) is -0.0763. The molecule has 0 unspecified atom stereocenters. The predicted octanol–water partition coefficient (Wildman–Crippen LogP) is 4.63. The topological polar surface area (TPSA) is 41.6 Å². The van der Waals surface area contributed by atoms with Crippen LogP contribution in [0.15, 0.2) is 36.4 Å². The number of hydrogen-bond donors (Lipinski definition) is 1. The molecule has 26 heavy (non-hydrogen) atoms. The molecule has 0 fully saturated rings. The maximum absolute atomic E-state index is 12.3. The molecule has 0 heterocycles. The van der Waals surface area contributed by atoms with Crippen LogP contribution in [-0.4, -0.2) is 31.0 Å². The Kier molecular flexibility index (Phi) is 6.94. The molecule has 2 rings (SSSR count). The summed E-state index contributed by atoms with van der Waals surface area (Å²) in [6, 6.07) is 10.1. The van der Waals surface area contributed by atoms with Gasteiger partial charge in [-0.1, -0.05) is 29.8 Å². The van der Waals surface area contributed by atoms with Crippen molar-refractivity contribution in [2.45, 2.75) is 27.0 Å². The summed E-state index contributed by atoms with van der Waals surface area (Å²) in [5.41, 5.74) is 3.43. The minimum absolute atomic E-state index is 0.105. The Balaban J connectivity index is 1.91. The van der Waals surface area contributed by atoms with Crippen LogP contribution in [-0.2, 0) is 11.3 Å². The minimum atomic E-state index is -2.84. The summed E-state index contributed by atoms with van der Waals surface area (Å²) >= 11 is 6.20. The van der Waals surface area contributed by atoms with Crippen LogP contribution in [0, 0.1) is 13.8 Å². The van der Waals surface area contributed by atoms with Gasteiger partial charge in [0.15, 0.2) is 0 Å². The summed E-state index contributed by atoms with van der Waals surface area (Å²) in [6.07, 6.45) is 0. The van der Waals surface area contributed by atoms with Crippen molar-refractivity contribution in [3.63, 3.8) is 0 Å². The van der Waals surface area contributed by atoms with E-state index < -0.39 is 6.61 Å². The molecule has 0 atom stereocenters. The van der Waals surface area contributed by atoms with Crippen molar-refractivity contribution in [1.29, 1.82) is 0 Å². The summed E-state index contributed by atoms with van der Waals surface area (Å²) in [5, 5.41) is 3.34. The quantitative estimate of drug-likeness (QED) is 0.759. The molecule has 2 aromatic carbocycles. The fourth-order valence-corrected chi connectivity index (χ4v) is 3.01. The van der Waals surface area contributed by atoms with Crippen molar-refractivity contribution < 1.29 is 18.3 Å². The summed E-state index contributed by atoms with van der Waals surface area (Å²) < 4.78 is 28.6. The van der Waals surface area contributed by atoms with Gasteiger partial charge in [-0.25, -0.2) is 0 Å². The number of alkyl halides is 2. The van der Waals surface area contributed by atoms with E-state index in [-0.39, 0.29) is 18.2 Å². The van der Waals surface area contributed by atoms with Crippen molar-refractivity contribution >= 4 is 23.2 Å². The number of likely N-dealkylation sites (N-methyl/N-ethyl adjacent to an activating group) is 1. The van der Waals surface area contributed by atoms with Crippen LogP contribution < -0.4 is 10.1 Å². The van der Waals surface area contributed by atoms with Gasteiger partial charge in [-0.3, -0.25) is 9.69 Å². The molecule has 0 aromatic heterocycles. The van der Waals surface area contributed by atoms with Gasteiger partial charge >= 0.3 is 6.61 Å². The number of nitrogens with one attached hydrogen (secondary N) is 1. The zero-order chi connectivity index (χ0) is 19.3. The SMILES string of the molecule is Cc1cc(C)c(NC(=O)CN(C)Cc2ccc(OC(F)F)cc2)c(Cl)c1. The van der Waals surface area contributed by atoms with Crippen LogP contribution in [0.5, 0.6) is 5.75 Å². The fourth-order valence-electron chi connectivity index (χ4n) is 2.64. The number of rotatable bonds is 7. The molecule has 4 nitrogen and oxygen atoms in total. The van der Waals surface area contributed by atoms with Gasteiger partial charge in [0.1, 0.15) is 5.75 Å². The molecule has 0 aliphatic rings. The van der Waals surface area contributed by atoms with E-state index in [1.54, 1.807) is 25.2 Å². The monoisotopic (exact) mass is 382 g/mol. The van der Waals surface area contributed by atoms with Gasteiger partial charge in [-0.15, -0.1) is 0 Å². The predicted molar refractivity (Wildman–Crippen MR) is 99.0 cm³/mol. The Bertz CT molecular complexity index is 744. The zero-order valence-corrected chi connectivity index (χ0v) is 15.6. The molecule has 0 aliphatic carbocycles. The smallest absolute Gasteiger partial charge is 0.387 e. The molecule has 140 valence electrons. The number of anilines is 1. The van der Waals surface area contributed by atoms with Crippen molar-refractivity contribution in [3.05, 3.63) is 58.1 Å². The summed E-state index contributed by atoms with van der Waals surface area (Å²) in [7, 11) is 1.80. The van der Waals surface area contributed by atoms with Gasteiger partial charge in [0.2, 0.25) is 5.91 Å². The number of ether oxygens (including phenoxy) is 1. The molecule has 0 saturated heterocycles. The highest BCUT2D eigenvalue weighted by atomic mass is 35.5. The molecular weight excluding hydrogens is 362 g/mol. The first-order chi connectivity index (χ1) is 12.2. The lowest BCUT2D eigenvalue weighted by Crippen LogP contribution is -2.30. The van der Waals surface area contributed by atoms with Crippen molar-refractivity contribution in [2.75, 3.05) is 18.9 Å². The van der Waals surface area contributed by atoms with Gasteiger partial charge < -0.3 is 10.1 Å². The van der Waals surface area contributed by atoms with Gasteiger partial charge in [0, 0.05) is 6.54 Å². The van der Waals surface area contributed by atoms with Crippen LogP contribution in [0.25, 0.3) is 0 Å². The number of nitrogens with zero attached hydrogens (tertiary/aromatic N) is 1. The average molecular weight is 383 g/mol. The number of carbonyl (C=O) groups is 1. The Morgan fingerprint density at radius 1 is 1.23 bits per heavy atom. The van der Waals surface area contributed by atoms with E-state index in [1.165, 1.54) is 12.1 Å². The Hall–Kier alpha value is -2.18. The van der Waals surface area contributed by atoms with E-state index in [0.29, 0.717) is 17.3 Å². The normalized spacial score (nSPS) is 11.1. The molecule has 1 N–H and O–H groups in total. The molecule has 0 bridgehead atoms. The van der Waals surface area contributed by atoms with E-state index in [0.717, 1.165) is 16.7 Å². The molecule has 1 amide bonds. The first-order valence-corrected chi connectivity index (χ1v) is 8.41. The van der Waals surface area contributed by atoms with Gasteiger partial charge in [-0.2, -0.15) is 8.78 Å². The molecule has 0 aliphatic heterocycles. The van der Waals surface area contributed by atoms with Crippen LogP contribution in [0.1, 0.15) is 16.7 Å². The summed E-state index contributed by atoms with van der Waals surface area (Å²) in [4.78, 5) is 14.1. The third kappa shape index (κ3) is 5.97. The highest BCUT2D eigenvalue weighted by Crippen LogP contribution is 2.27. The molecular formula is C19H21ClF2N2O2. The van der Waals surface area contributed by atoms with E-state index in [2.05, 4.69) is 10.1 Å². The van der Waals surface area contributed by atoms with E-state index in [9.17, 15) is 13.6 Å². The van der Waals surface area contributed by atoms with E-state index in [1.807, 2.05) is 24.8 Å². The molecule has 0 radical (unpaired) electrons.